The second kappa shape index (κ2) is 6.07. The van der Waals surface area contributed by atoms with Crippen molar-refractivity contribution in [2.75, 3.05) is 6.61 Å². The highest BCUT2D eigenvalue weighted by Gasteiger charge is 2.27. The second-order valence-electron chi connectivity index (χ2n) is 6.16. The number of tetrazole rings is 1. The normalized spacial score (nSPS) is 15.2. The molecule has 2 heterocycles. The fourth-order valence-electron chi connectivity index (χ4n) is 2.50. The molecule has 1 aliphatic heterocycles. The Balaban J connectivity index is 1.93. The Bertz CT molecular complexity index is 808. The molecule has 0 amide bonds. The molecule has 126 valence electrons. The van der Waals surface area contributed by atoms with E-state index in [-0.39, 0.29) is 18.1 Å². The Labute approximate surface area is 140 Å². The minimum absolute atomic E-state index is 0.0222. The van der Waals surface area contributed by atoms with Crippen LogP contribution in [0.15, 0.2) is 23.8 Å². The van der Waals surface area contributed by atoms with E-state index in [1.54, 1.807) is 6.92 Å². The van der Waals surface area contributed by atoms with Crippen molar-refractivity contribution in [3.63, 3.8) is 0 Å². The minimum atomic E-state index is -0.371. The molecule has 0 unspecified atom stereocenters. The van der Waals surface area contributed by atoms with Crippen molar-refractivity contribution in [1.29, 1.82) is 0 Å². The molecular formula is C17H20N4O3. The number of nitrogens with zero attached hydrogens (tertiary/aromatic N) is 4. The number of hydrogen-bond acceptors (Lipinski definition) is 6. The fraction of sp³-hybridized carbons (Fsp3) is 0.412. The summed E-state index contributed by atoms with van der Waals surface area (Å²) >= 11 is 0. The lowest BCUT2D eigenvalue weighted by atomic mass is 9.93. The summed E-state index contributed by atoms with van der Waals surface area (Å²) in [4.78, 5) is 11.7. The number of ether oxygens (including phenoxy) is 2. The summed E-state index contributed by atoms with van der Waals surface area (Å²) in [6, 6.07) is 5.75. The summed E-state index contributed by atoms with van der Waals surface area (Å²) in [5.41, 5.74) is 2.60. The zero-order valence-electron chi connectivity index (χ0n) is 14.2. The first-order valence-corrected chi connectivity index (χ1v) is 7.84. The molecule has 1 aliphatic rings. The minimum Gasteiger partial charge on any atom is -0.483 e. The number of carbonyl (C=O) groups is 1. The first kappa shape index (κ1) is 16.2. The molecule has 7 heteroatoms. The van der Waals surface area contributed by atoms with Crippen molar-refractivity contribution in [1.82, 2.24) is 20.2 Å². The maximum atomic E-state index is 11.7. The van der Waals surface area contributed by atoms with Gasteiger partial charge >= 0.3 is 5.97 Å². The lowest BCUT2D eigenvalue weighted by Gasteiger charge is -2.32. The van der Waals surface area contributed by atoms with Gasteiger partial charge in [-0.1, -0.05) is 0 Å². The Hall–Kier alpha value is -2.70. The smallest absolute Gasteiger partial charge is 0.327 e. The van der Waals surface area contributed by atoms with Crippen molar-refractivity contribution in [3.05, 3.63) is 29.3 Å². The van der Waals surface area contributed by atoms with Crippen LogP contribution in [0, 0.1) is 0 Å². The van der Waals surface area contributed by atoms with Gasteiger partial charge in [-0.05, 0) is 68.0 Å². The summed E-state index contributed by atoms with van der Waals surface area (Å²) in [6.45, 7) is 8.18. The van der Waals surface area contributed by atoms with E-state index >= 15 is 0 Å². The first-order valence-electron chi connectivity index (χ1n) is 7.84. The van der Waals surface area contributed by atoms with E-state index < -0.39 is 0 Å². The van der Waals surface area contributed by atoms with Crippen molar-refractivity contribution >= 4 is 12.0 Å². The molecule has 0 saturated carbocycles. The molecule has 3 rings (SSSR count). The van der Waals surface area contributed by atoms with Crippen molar-refractivity contribution in [2.24, 2.45) is 0 Å². The van der Waals surface area contributed by atoms with E-state index in [2.05, 4.69) is 21.6 Å². The van der Waals surface area contributed by atoms with Crippen LogP contribution in [0.1, 0.15) is 33.3 Å². The van der Waals surface area contributed by atoms with Gasteiger partial charge in [0.25, 0.3) is 0 Å². The van der Waals surface area contributed by atoms with Gasteiger partial charge < -0.3 is 9.47 Å². The van der Waals surface area contributed by atoms with Gasteiger partial charge in [0.05, 0.1) is 6.61 Å². The molecule has 0 radical (unpaired) electrons. The quantitative estimate of drug-likeness (QED) is 0.802. The third-order valence-electron chi connectivity index (χ3n) is 4.07. The van der Waals surface area contributed by atoms with Crippen LogP contribution in [-0.2, 0) is 16.1 Å². The van der Waals surface area contributed by atoms with Gasteiger partial charge in [-0.25, -0.2) is 4.68 Å². The second-order valence-corrected chi connectivity index (χ2v) is 6.16. The van der Waals surface area contributed by atoms with Gasteiger partial charge in [-0.2, -0.15) is 0 Å². The summed E-state index contributed by atoms with van der Waals surface area (Å²) in [5, 5.41) is 11.6. The standard InChI is InChI=1S/C17H20N4O3/c1-5-23-15(22)10-21-16(18-19-20-21)12-6-7-14-13(9-12)8-11(2)17(3,4)24-14/h6-9H,5,10H2,1-4H3. The Morgan fingerprint density at radius 1 is 1.38 bits per heavy atom. The molecule has 0 aliphatic carbocycles. The third-order valence-corrected chi connectivity index (χ3v) is 4.07. The third kappa shape index (κ3) is 3.02. The van der Waals surface area contributed by atoms with E-state index in [9.17, 15) is 4.79 Å². The van der Waals surface area contributed by atoms with Gasteiger partial charge in [-0.15, -0.1) is 5.10 Å². The van der Waals surface area contributed by atoms with Crippen LogP contribution < -0.4 is 4.74 Å². The lowest BCUT2D eigenvalue weighted by Crippen LogP contribution is -2.31. The Kier molecular flexibility index (Phi) is 4.09. The Morgan fingerprint density at radius 2 is 2.17 bits per heavy atom. The van der Waals surface area contributed by atoms with Gasteiger partial charge in [0.1, 0.15) is 17.9 Å². The predicted molar refractivity (Wildman–Crippen MR) is 88.2 cm³/mol. The van der Waals surface area contributed by atoms with Gasteiger partial charge in [-0.3, -0.25) is 4.79 Å². The number of aromatic nitrogens is 4. The summed E-state index contributed by atoms with van der Waals surface area (Å²) in [6.07, 6.45) is 2.10. The summed E-state index contributed by atoms with van der Waals surface area (Å²) < 4.78 is 12.4. The molecule has 7 nitrogen and oxygen atoms in total. The molecule has 0 N–H and O–H groups in total. The highest BCUT2D eigenvalue weighted by Crippen LogP contribution is 2.37. The molecule has 0 saturated heterocycles. The van der Waals surface area contributed by atoms with Gasteiger partial charge in [0.2, 0.25) is 0 Å². The van der Waals surface area contributed by atoms with Crippen LogP contribution in [0.2, 0.25) is 0 Å². The molecule has 0 bridgehead atoms. The van der Waals surface area contributed by atoms with Crippen LogP contribution in [0.5, 0.6) is 5.75 Å². The maximum Gasteiger partial charge on any atom is 0.327 e. The van der Waals surface area contributed by atoms with Crippen LogP contribution in [0.3, 0.4) is 0 Å². The van der Waals surface area contributed by atoms with Crippen LogP contribution >= 0.6 is 0 Å². The van der Waals surface area contributed by atoms with E-state index in [0.29, 0.717) is 12.4 Å². The molecule has 1 aromatic heterocycles. The van der Waals surface area contributed by atoms with Gasteiger partial charge in [0, 0.05) is 11.1 Å². The van der Waals surface area contributed by atoms with Crippen molar-refractivity contribution in [3.8, 4) is 17.1 Å². The molecule has 1 aromatic carbocycles. The topological polar surface area (TPSA) is 79.1 Å². The largest absolute Gasteiger partial charge is 0.483 e. The van der Waals surface area contributed by atoms with E-state index in [0.717, 1.165) is 22.4 Å². The van der Waals surface area contributed by atoms with E-state index in [1.165, 1.54) is 4.68 Å². The summed E-state index contributed by atoms with van der Waals surface area (Å²) in [7, 11) is 0. The summed E-state index contributed by atoms with van der Waals surface area (Å²) in [5.74, 6) is 0.963. The predicted octanol–water partition coefficient (Wildman–Crippen LogP) is 2.48. The fourth-order valence-corrected chi connectivity index (χ4v) is 2.50. The van der Waals surface area contributed by atoms with E-state index in [1.807, 2.05) is 39.0 Å². The number of carbonyl (C=O) groups excluding carboxylic acids is 1. The maximum absolute atomic E-state index is 11.7. The van der Waals surface area contributed by atoms with E-state index in [4.69, 9.17) is 9.47 Å². The van der Waals surface area contributed by atoms with Crippen molar-refractivity contribution in [2.45, 2.75) is 39.8 Å². The number of esters is 1. The lowest BCUT2D eigenvalue weighted by molar-refractivity contribution is -0.144. The van der Waals surface area contributed by atoms with Gasteiger partial charge in [0.15, 0.2) is 5.82 Å². The SMILES string of the molecule is CCOC(=O)Cn1nnnc1-c1ccc2c(c1)C=C(C)C(C)(C)O2. The zero-order chi connectivity index (χ0) is 17.3. The molecule has 24 heavy (non-hydrogen) atoms. The molecular weight excluding hydrogens is 308 g/mol. The average molecular weight is 328 g/mol. The molecule has 2 aromatic rings. The highest BCUT2D eigenvalue weighted by molar-refractivity contribution is 5.72. The molecule has 0 atom stereocenters. The monoisotopic (exact) mass is 328 g/mol. The zero-order valence-corrected chi connectivity index (χ0v) is 14.2. The molecule has 0 spiro atoms. The molecule has 0 fully saturated rings. The number of hydrogen-bond donors (Lipinski definition) is 0. The highest BCUT2D eigenvalue weighted by atomic mass is 16.5. The van der Waals surface area contributed by atoms with Crippen LogP contribution in [-0.4, -0.2) is 38.4 Å². The Morgan fingerprint density at radius 3 is 2.92 bits per heavy atom. The van der Waals surface area contributed by atoms with Crippen LogP contribution in [0.25, 0.3) is 17.5 Å². The number of benzene rings is 1. The number of fused-ring (bicyclic) bond motifs is 1. The average Bonchev–Trinajstić information content (AvgIpc) is 2.96. The number of rotatable bonds is 4. The van der Waals surface area contributed by atoms with Crippen LogP contribution in [0.4, 0.5) is 0 Å². The first-order chi connectivity index (χ1) is 11.4. The van der Waals surface area contributed by atoms with Crippen molar-refractivity contribution < 1.29 is 14.3 Å².